The normalized spacial score (nSPS) is 10.9. The van der Waals surface area contributed by atoms with E-state index in [-0.39, 0.29) is 0 Å². The molecule has 0 atom stereocenters. The highest BCUT2D eigenvalue weighted by atomic mass is 35.5. The van der Waals surface area contributed by atoms with Crippen molar-refractivity contribution in [2.45, 2.75) is 19.9 Å². The van der Waals surface area contributed by atoms with Crippen molar-refractivity contribution in [3.05, 3.63) is 75.9 Å². The van der Waals surface area contributed by atoms with E-state index in [1.807, 2.05) is 18.3 Å². The lowest BCUT2D eigenvalue weighted by Crippen LogP contribution is -2.16. The first-order chi connectivity index (χ1) is 11.2. The molecule has 1 heterocycles. The van der Waals surface area contributed by atoms with Gasteiger partial charge in [-0.2, -0.15) is 0 Å². The second kappa shape index (κ2) is 7.73. The summed E-state index contributed by atoms with van der Waals surface area (Å²) in [5.74, 6) is 0. The van der Waals surface area contributed by atoms with E-state index in [0.29, 0.717) is 0 Å². The molecule has 23 heavy (non-hydrogen) atoms. The predicted molar refractivity (Wildman–Crippen MR) is 99.1 cm³/mol. The summed E-state index contributed by atoms with van der Waals surface area (Å²) in [6.07, 6.45) is 2.96. The summed E-state index contributed by atoms with van der Waals surface area (Å²) >= 11 is 7.64. The van der Waals surface area contributed by atoms with E-state index < -0.39 is 0 Å². The SMILES string of the molecule is Cc1cccc(-c2cnc(CNCCc3ccc(Cl)cc3)s2)c1. The van der Waals surface area contributed by atoms with E-state index in [0.717, 1.165) is 29.5 Å². The van der Waals surface area contributed by atoms with Crippen LogP contribution in [0.4, 0.5) is 0 Å². The van der Waals surface area contributed by atoms with Crippen LogP contribution < -0.4 is 5.32 Å². The average molecular weight is 343 g/mol. The molecule has 2 nitrogen and oxygen atoms in total. The molecule has 0 saturated carbocycles. The van der Waals surface area contributed by atoms with Crippen molar-refractivity contribution in [1.29, 1.82) is 0 Å². The standard InChI is InChI=1S/C19H19ClN2S/c1-14-3-2-4-16(11-14)18-12-22-19(23-18)13-21-10-9-15-5-7-17(20)8-6-15/h2-8,11-12,21H,9-10,13H2,1H3. The van der Waals surface area contributed by atoms with Crippen molar-refractivity contribution in [3.8, 4) is 10.4 Å². The van der Waals surface area contributed by atoms with Crippen LogP contribution in [0.15, 0.2) is 54.7 Å². The van der Waals surface area contributed by atoms with Crippen LogP contribution in [-0.2, 0) is 13.0 Å². The first kappa shape index (κ1) is 16.2. The van der Waals surface area contributed by atoms with Gasteiger partial charge in [0.2, 0.25) is 0 Å². The van der Waals surface area contributed by atoms with E-state index in [9.17, 15) is 0 Å². The van der Waals surface area contributed by atoms with Gasteiger partial charge >= 0.3 is 0 Å². The van der Waals surface area contributed by atoms with Gasteiger partial charge in [-0.05, 0) is 43.1 Å². The zero-order chi connectivity index (χ0) is 16.1. The van der Waals surface area contributed by atoms with Crippen LogP contribution in [0.3, 0.4) is 0 Å². The Kier molecular flexibility index (Phi) is 5.44. The first-order valence-electron chi connectivity index (χ1n) is 7.67. The molecule has 0 radical (unpaired) electrons. The van der Waals surface area contributed by atoms with E-state index in [4.69, 9.17) is 11.6 Å². The third-order valence-electron chi connectivity index (χ3n) is 3.64. The Bertz CT molecular complexity index is 765. The molecule has 1 aromatic heterocycles. The number of hydrogen-bond acceptors (Lipinski definition) is 3. The zero-order valence-electron chi connectivity index (χ0n) is 13.1. The van der Waals surface area contributed by atoms with Crippen molar-refractivity contribution in [2.24, 2.45) is 0 Å². The molecular formula is C19H19ClN2S. The molecule has 0 bridgehead atoms. The van der Waals surface area contributed by atoms with Crippen molar-refractivity contribution in [1.82, 2.24) is 10.3 Å². The van der Waals surface area contributed by atoms with Gasteiger partial charge in [-0.15, -0.1) is 11.3 Å². The van der Waals surface area contributed by atoms with E-state index in [2.05, 4.69) is 53.6 Å². The fourth-order valence-corrected chi connectivity index (χ4v) is 3.41. The molecule has 0 fully saturated rings. The van der Waals surface area contributed by atoms with Gasteiger partial charge in [0.1, 0.15) is 5.01 Å². The molecule has 2 aromatic carbocycles. The fourth-order valence-electron chi connectivity index (χ4n) is 2.40. The number of halogens is 1. The molecule has 0 aliphatic heterocycles. The molecule has 4 heteroatoms. The molecule has 3 aromatic rings. The summed E-state index contributed by atoms with van der Waals surface area (Å²) in [6, 6.07) is 16.6. The van der Waals surface area contributed by atoms with Gasteiger partial charge in [-0.1, -0.05) is 53.6 Å². The van der Waals surface area contributed by atoms with Crippen LogP contribution in [-0.4, -0.2) is 11.5 Å². The van der Waals surface area contributed by atoms with Gasteiger partial charge in [-0.3, -0.25) is 0 Å². The molecule has 0 spiro atoms. The summed E-state index contributed by atoms with van der Waals surface area (Å²) in [7, 11) is 0. The highest BCUT2D eigenvalue weighted by Crippen LogP contribution is 2.26. The summed E-state index contributed by atoms with van der Waals surface area (Å²) in [5, 5.41) is 5.36. The van der Waals surface area contributed by atoms with Gasteiger partial charge < -0.3 is 5.32 Å². The van der Waals surface area contributed by atoms with E-state index >= 15 is 0 Å². The summed E-state index contributed by atoms with van der Waals surface area (Å²) in [5.41, 5.74) is 3.81. The smallest absolute Gasteiger partial charge is 0.107 e. The number of aromatic nitrogens is 1. The maximum atomic E-state index is 5.89. The second-order valence-electron chi connectivity index (χ2n) is 5.54. The fraction of sp³-hybridized carbons (Fsp3) is 0.211. The lowest BCUT2D eigenvalue weighted by Gasteiger charge is -2.03. The quantitative estimate of drug-likeness (QED) is 0.630. The Morgan fingerprint density at radius 3 is 2.74 bits per heavy atom. The number of benzene rings is 2. The maximum Gasteiger partial charge on any atom is 0.107 e. The van der Waals surface area contributed by atoms with Crippen LogP contribution in [0.2, 0.25) is 5.02 Å². The zero-order valence-corrected chi connectivity index (χ0v) is 14.6. The van der Waals surface area contributed by atoms with Crippen molar-refractivity contribution >= 4 is 22.9 Å². The van der Waals surface area contributed by atoms with Crippen molar-refractivity contribution in [3.63, 3.8) is 0 Å². The molecule has 0 amide bonds. The third kappa shape index (κ3) is 4.64. The Hall–Kier alpha value is -1.68. The number of thiazole rings is 1. The summed E-state index contributed by atoms with van der Waals surface area (Å²) in [6.45, 7) is 3.86. The van der Waals surface area contributed by atoms with Crippen molar-refractivity contribution in [2.75, 3.05) is 6.54 Å². The van der Waals surface area contributed by atoms with Crippen LogP contribution in [0.1, 0.15) is 16.1 Å². The van der Waals surface area contributed by atoms with Crippen LogP contribution in [0.5, 0.6) is 0 Å². The van der Waals surface area contributed by atoms with Gasteiger partial charge in [0, 0.05) is 17.8 Å². The number of nitrogens with zero attached hydrogens (tertiary/aromatic N) is 1. The molecule has 0 unspecified atom stereocenters. The average Bonchev–Trinajstić information content (AvgIpc) is 3.02. The van der Waals surface area contributed by atoms with Gasteiger partial charge in [0.05, 0.1) is 4.88 Å². The highest BCUT2D eigenvalue weighted by molar-refractivity contribution is 7.15. The van der Waals surface area contributed by atoms with Crippen molar-refractivity contribution < 1.29 is 0 Å². The lowest BCUT2D eigenvalue weighted by molar-refractivity contribution is 0.684. The molecule has 1 N–H and O–H groups in total. The van der Waals surface area contributed by atoms with Gasteiger partial charge in [-0.25, -0.2) is 4.98 Å². The van der Waals surface area contributed by atoms with Gasteiger partial charge in [0.25, 0.3) is 0 Å². The molecule has 0 aliphatic rings. The minimum absolute atomic E-state index is 0.785. The maximum absolute atomic E-state index is 5.89. The van der Waals surface area contributed by atoms with Gasteiger partial charge in [0.15, 0.2) is 0 Å². The van der Waals surface area contributed by atoms with Crippen LogP contribution in [0.25, 0.3) is 10.4 Å². The largest absolute Gasteiger partial charge is 0.310 e. The van der Waals surface area contributed by atoms with E-state index in [1.165, 1.54) is 21.6 Å². The summed E-state index contributed by atoms with van der Waals surface area (Å²) < 4.78 is 0. The Morgan fingerprint density at radius 1 is 1.13 bits per heavy atom. The Labute approximate surface area is 146 Å². The molecule has 0 saturated heterocycles. The topological polar surface area (TPSA) is 24.9 Å². The molecular weight excluding hydrogens is 324 g/mol. The number of aryl methyl sites for hydroxylation is 1. The van der Waals surface area contributed by atoms with Crippen LogP contribution in [0, 0.1) is 6.92 Å². The third-order valence-corrected chi connectivity index (χ3v) is 4.93. The molecule has 3 rings (SSSR count). The first-order valence-corrected chi connectivity index (χ1v) is 8.87. The summed E-state index contributed by atoms with van der Waals surface area (Å²) in [4.78, 5) is 5.74. The van der Waals surface area contributed by atoms with Crippen LogP contribution >= 0.6 is 22.9 Å². The number of hydrogen-bond donors (Lipinski definition) is 1. The predicted octanol–water partition coefficient (Wildman–Crippen LogP) is 5.10. The second-order valence-corrected chi connectivity index (χ2v) is 7.09. The Morgan fingerprint density at radius 2 is 1.96 bits per heavy atom. The molecule has 0 aliphatic carbocycles. The number of nitrogens with one attached hydrogen (secondary N) is 1. The minimum atomic E-state index is 0.785. The Balaban J connectivity index is 1.50. The molecule has 118 valence electrons. The monoisotopic (exact) mass is 342 g/mol. The number of rotatable bonds is 6. The highest BCUT2D eigenvalue weighted by Gasteiger charge is 2.04. The minimum Gasteiger partial charge on any atom is -0.310 e. The lowest BCUT2D eigenvalue weighted by atomic mass is 10.1. The van der Waals surface area contributed by atoms with E-state index in [1.54, 1.807) is 11.3 Å².